The predicted molar refractivity (Wildman–Crippen MR) is 197 cm³/mol. The summed E-state index contributed by atoms with van der Waals surface area (Å²) in [5.41, 5.74) is 4.62. The highest BCUT2D eigenvalue weighted by molar-refractivity contribution is 7.90. The Morgan fingerprint density at radius 2 is 1.66 bits per heavy atom. The van der Waals surface area contributed by atoms with E-state index < -0.39 is 15.9 Å². The monoisotopic (exact) mass is 692 g/mol. The van der Waals surface area contributed by atoms with Gasteiger partial charge in [-0.2, -0.15) is 0 Å². The van der Waals surface area contributed by atoms with Gasteiger partial charge in [-0.3, -0.25) is 9.59 Å². The largest absolute Gasteiger partial charge is 0.348 e. The first-order chi connectivity index (χ1) is 24.2. The fourth-order valence-corrected chi connectivity index (χ4v) is 7.46. The second kappa shape index (κ2) is 15.2. The van der Waals surface area contributed by atoms with Crippen LogP contribution in [0.4, 0.5) is 5.95 Å². The zero-order chi connectivity index (χ0) is 35.3. The van der Waals surface area contributed by atoms with Crippen molar-refractivity contribution in [3.05, 3.63) is 107 Å². The summed E-state index contributed by atoms with van der Waals surface area (Å²) in [5, 5.41) is 0.759. The van der Waals surface area contributed by atoms with Crippen molar-refractivity contribution < 1.29 is 18.0 Å². The molecule has 3 aromatic carbocycles. The molecular weight excluding hydrogens is 649 g/mol. The molecule has 1 N–H and O–H groups in total. The van der Waals surface area contributed by atoms with Crippen molar-refractivity contribution in [2.24, 2.45) is 0 Å². The summed E-state index contributed by atoms with van der Waals surface area (Å²) in [6.07, 6.45) is 8.40. The predicted octanol–water partition coefficient (Wildman–Crippen LogP) is 6.84. The summed E-state index contributed by atoms with van der Waals surface area (Å²) in [6, 6.07) is 21.2. The summed E-state index contributed by atoms with van der Waals surface area (Å²) >= 11 is 0. The highest BCUT2D eigenvalue weighted by Gasteiger charge is 2.27. The van der Waals surface area contributed by atoms with Crippen LogP contribution >= 0.6 is 0 Å². The van der Waals surface area contributed by atoms with Gasteiger partial charge in [0.1, 0.15) is 0 Å². The fraction of sp³-hybridized carbons (Fsp3) is 0.333. The molecule has 1 aliphatic rings. The number of hydrogen-bond acceptors (Lipinski definition) is 7. The minimum atomic E-state index is -4.21. The van der Waals surface area contributed by atoms with Gasteiger partial charge in [0, 0.05) is 72.7 Å². The molecule has 1 aliphatic heterocycles. The van der Waals surface area contributed by atoms with E-state index in [1.54, 1.807) is 41.4 Å². The first-order valence-corrected chi connectivity index (χ1v) is 18.9. The molecule has 10 nitrogen and oxygen atoms in total. The Hall–Kier alpha value is -5.03. The Kier molecular flexibility index (Phi) is 10.6. The third-order valence-corrected chi connectivity index (χ3v) is 10.6. The Bertz CT molecular complexity index is 2120. The van der Waals surface area contributed by atoms with Crippen LogP contribution in [-0.4, -0.2) is 59.3 Å². The lowest BCUT2D eigenvalue weighted by Gasteiger charge is -2.29. The topological polar surface area (TPSA) is 118 Å². The molecule has 11 heteroatoms. The molecule has 5 aromatic rings. The second-order valence-corrected chi connectivity index (χ2v) is 14.4. The van der Waals surface area contributed by atoms with Gasteiger partial charge >= 0.3 is 0 Å². The van der Waals surface area contributed by atoms with Gasteiger partial charge in [-0.25, -0.2) is 23.1 Å². The van der Waals surface area contributed by atoms with Crippen molar-refractivity contribution in [2.75, 3.05) is 24.5 Å². The second-order valence-electron chi connectivity index (χ2n) is 12.7. The first kappa shape index (κ1) is 34.8. The Morgan fingerprint density at radius 1 is 0.900 bits per heavy atom. The van der Waals surface area contributed by atoms with Crippen LogP contribution in [0.1, 0.15) is 78.3 Å². The minimum absolute atomic E-state index is 0.0173. The van der Waals surface area contributed by atoms with Crippen LogP contribution in [0.5, 0.6) is 0 Å². The quantitative estimate of drug-likeness (QED) is 0.144. The molecule has 0 spiro atoms. The van der Waals surface area contributed by atoms with Crippen LogP contribution in [0.2, 0.25) is 0 Å². The summed E-state index contributed by atoms with van der Waals surface area (Å²) in [6.45, 7) is 9.65. The van der Waals surface area contributed by atoms with Crippen molar-refractivity contribution in [1.82, 2.24) is 24.2 Å². The van der Waals surface area contributed by atoms with Gasteiger partial charge in [0.15, 0.2) is 0 Å². The van der Waals surface area contributed by atoms with Gasteiger partial charge in [-0.15, -0.1) is 0 Å². The van der Waals surface area contributed by atoms with Crippen molar-refractivity contribution in [3.63, 3.8) is 0 Å². The first-order valence-electron chi connectivity index (χ1n) is 17.5. The van der Waals surface area contributed by atoms with Crippen LogP contribution in [0, 0.1) is 0 Å². The smallest absolute Gasteiger partial charge is 0.265 e. The van der Waals surface area contributed by atoms with E-state index in [0.29, 0.717) is 36.7 Å². The SMILES string of the molecule is CCCCN(CCCC)c1nccc(-c2ccc(C(=O)NS(=O)(=O)c3ccc4c(ccn4CC)c3)cc2C(=O)N2CCc3ccccc3C2)n1. The van der Waals surface area contributed by atoms with Crippen molar-refractivity contribution in [1.29, 1.82) is 0 Å². The van der Waals surface area contributed by atoms with Gasteiger partial charge in [-0.1, -0.05) is 57.0 Å². The van der Waals surface area contributed by atoms with Crippen molar-refractivity contribution in [3.8, 4) is 11.3 Å². The molecule has 0 fully saturated rings. The maximum atomic E-state index is 14.4. The molecule has 0 saturated carbocycles. The lowest BCUT2D eigenvalue weighted by Crippen LogP contribution is -2.36. The molecule has 0 unspecified atom stereocenters. The van der Waals surface area contributed by atoms with E-state index in [4.69, 9.17) is 4.98 Å². The summed E-state index contributed by atoms with van der Waals surface area (Å²) in [7, 11) is -4.21. The molecule has 260 valence electrons. The zero-order valence-corrected chi connectivity index (χ0v) is 29.7. The average molecular weight is 693 g/mol. The number of anilines is 1. The molecule has 0 bridgehead atoms. The molecule has 0 aliphatic carbocycles. The molecule has 6 rings (SSSR count). The van der Waals surface area contributed by atoms with E-state index in [-0.39, 0.29) is 21.9 Å². The van der Waals surface area contributed by atoms with Crippen LogP contribution in [0.25, 0.3) is 22.2 Å². The lowest BCUT2D eigenvalue weighted by atomic mass is 9.96. The number of nitrogens with one attached hydrogen (secondary N) is 1. The highest BCUT2D eigenvalue weighted by atomic mass is 32.2. The number of unbranched alkanes of at least 4 members (excludes halogenated alkanes) is 2. The standard InChI is InChI=1S/C39H44N6O4S/c1-4-7-21-44(22-8-5-2)39-40-20-17-35(41-39)33-15-13-30(26-34(33)38(47)45-24-18-28-11-9-10-12-31(28)27-45)37(46)42-50(48,49)32-14-16-36-29(25-32)19-23-43(36)6-3/h9-17,19-20,23,25-26H,4-8,18,21-22,24,27H2,1-3H3,(H,42,46). The van der Waals surface area contributed by atoms with E-state index in [1.165, 1.54) is 17.7 Å². The number of rotatable bonds is 13. The number of nitrogens with zero attached hydrogens (tertiary/aromatic N) is 5. The number of carbonyl (C=O) groups excluding carboxylic acids is 2. The van der Waals surface area contributed by atoms with Gasteiger partial charge in [-0.05, 0) is 79.8 Å². The maximum absolute atomic E-state index is 14.4. The van der Waals surface area contributed by atoms with E-state index in [1.807, 2.05) is 42.0 Å². The number of benzene rings is 3. The summed E-state index contributed by atoms with van der Waals surface area (Å²) < 4.78 is 31.1. The van der Waals surface area contributed by atoms with Gasteiger partial charge in [0.05, 0.1) is 10.6 Å². The molecule has 2 aromatic heterocycles. The van der Waals surface area contributed by atoms with Gasteiger partial charge in [0.2, 0.25) is 5.95 Å². The van der Waals surface area contributed by atoms with E-state index in [9.17, 15) is 18.0 Å². The number of fused-ring (bicyclic) bond motifs is 2. The average Bonchev–Trinajstić information content (AvgIpc) is 3.56. The number of carbonyl (C=O) groups is 2. The lowest BCUT2D eigenvalue weighted by molar-refractivity contribution is 0.0735. The number of hydrogen-bond donors (Lipinski definition) is 1. The Labute approximate surface area is 294 Å². The zero-order valence-electron chi connectivity index (χ0n) is 28.9. The molecule has 0 radical (unpaired) electrons. The van der Waals surface area contributed by atoms with Crippen LogP contribution in [-0.2, 0) is 29.5 Å². The molecule has 50 heavy (non-hydrogen) atoms. The molecule has 0 saturated heterocycles. The number of amides is 2. The van der Waals surface area contributed by atoms with Gasteiger partial charge < -0.3 is 14.4 Å². The number of sulfonamides is 1. The Balaban J connectivity index is 1.35. The fourth-order valence-electron chi connectivity index (χ4n) is 6.45. The van der Waals surface area contributed by atoms with Crippen LogP contribution in [0.3, 0.4) is 0 Å². The normalized spacial score (nSPS) is 12.9. The molecule has 2 amide bonds. The van der Waals surface area contributed by atoms with Crippen molar-refractivity contribution >= 4 is 38.7 Å². The third-order valence-electron chi connectivity index (χ3n) is 9.32. The third kappa shape index (κ3) is 7.42. The Morgan fingerprint density at radius 3 is 2.40 bits per heavy atom. The molecular formula is C39H44N6O4S. The number of aryl methyl sites for hydroxylation is 1. The van der Waals surface area contributed by atoms with Crippen LogP contribution in [0.15, 0.2) is 90.1 Å². The highest BCUT2D eigenvalue weighted by Crippen LogP contribution is 2.29. The molecule has 3 heterocycles. The van der Waals surface area contributed by atoms with Gasteiger partial charge in [0.25, 0.3) is 21.8 Å². The van der Waals surface area contributed by atoms with Crippen molar-refractivity contribution in [2.45, 2.75) is 70.9 Å². The molecule has 0 atom stereocenters. The van der Waals surface area contributed by atoms with E-state index >= 15 is 0 Å². The van der Waals surface area contributed by atoms with Crippen LogP contribution < -0.4 is 9.62 Å². The van der Waals surface area contributed by atoms with E-state index in [2.05, 4.69) is 34.5 Å². The summed E-state index contributed by atoms with van der Waals surface area (Å²) in [5.74, 6) is -0.491. The minimum Gasteiger partial charge on any atom is -0.348 e. The van der Waals surface area contributed by atoms with E-state index in [0.717, 1.165) is 61.8 Å². The summed E-state index contributed by atoms with van der Waals surface area (Å²) in [4.78, 5) is 41.4. The maximum Gasteiger partial charge on any atom is 0.265 e. The number of aromatic nitrogens is 3.